The van der Waals surface area contributed by atoms with Crippen molar-refractivity contribution in [2.45, 2.75) is 44.2 Å². The monoisotopic (exact) mass is 286 g/mol. The van der Waals surface area contributed by atoms with Crippen LogP contribution in [0.4, 0.5) is 4.39 Å². The van der Waals surface area contributed by atoms with E-state index in [-0.39, 0.29) is 23.0 Å². The smallest absolute Gasteiger partial charge is 0.240 e. The molecule has 1 aliphatic carbocycles. The molecule has 0 bridgehead atoms. The van der Waals surface area contributed by atoms with Gasteiger partial charge < -0.3 is 5.73 Å². The lowest BCUT2D eigenvalue weighted by Gasteiger charge is -2.15. The van der Waals surface area contributed by atoms with E-state index in [1.807, 2.05) is 6.92 Å². The van der Waals surface area contributed by atoms with Gasteiger partial charge >= 0.3 is 0 Å². The number of hydrogen-bond acceptors (Lipinski definition) is 3. The van der Waals surface area contributed by atoms with Gasteiger partial charge in [-0.1, -0.05) is 0 Å². The van der Waals surface area contributed by atoms with Crippen molar-refractivity contribution in [2.24, 2.45) is 11.7 Å². The molecule has 1 aromatic rings. The molecule has 2 rings (SSSR count). The van der Waals surface area contributed by atoms with Crippen molar-refractivity contribution >= 4 is 10.0 Å². The maximum atomic E-state index is 13.7. The molecule has 6 heteroatoms. The lowest BCUT2D eigenvalue weighted by molar-refractivity contribution is 0.537. The predicted octanol–water partition coefficient (Wildman–Crippen LogP) is 1.67. The minimum atomic E-state index is -3.61. The Balaban J connectivity index is 2.31. The van der Waals surface area contributed by atoms with Crippen LogP contribution in [0.1, 0.15) is 30.9 Å². The van der Waals surface area contributed by atoms with Crippen LogP contribution in [0.2, 0.25) is 0 Å². The van der Waals surface area contributed by atoms with Gasteiger partial charge in [0.2, 0.25) is 10.0 Å². The first kappa shape index (κ1) is 14.4. The SMILES string of the molecule is Cc1cc(S(=O)(=O)NC(C)C2CC2)cc(CN)c1F. The minimum absolute atomic E-state index is 0.0196. The van der Waals surface area contributed by atoms with Gasteiger partial charge in [0.1, 0.15) is 5.82 Å². The molecule has 1 atom stereocenters. The molecular formula is C13H19FN2O2S. The lowest BCUT2D eigenvalue weighted by atomic mass is 10.1. The highest BCUT2D eigenvalue weighted by Gasteiger charge is 2.31. The van der Waals surface area contributed by atoms with E-state index >= 15 is 0 Å². The number of nitrogens with two attached hydrogens (primary N) is 1. The molecule has 1 fully saturated rings. The Bertz CT molecular complexity index is 583. The number of halogens is 1. The fraction of sp³-hybridized carbons (Fsp3) is 0.538. The molecule has 1 aliphatic rings. The molecule has 1 saturated carbocycles. The molecule has 0 amide bonds. The van der Waals surface area contributed by atoms with Crippen LogP contribution in [0.15, 0.2) is 17.0 Å². The van der Waals surface area contributed by atoms with Gasteiger partial charge in [-0.25, -0.2) is 17.5 Å². The highest BCUT2D eigenvalue weighted by atomic mass is 32.2. The predicted molar refractivity (Wildman–Crippen MR) is 71.5 cm³/mol. The molecule has 1 aromatic carbocycles. The molecule has 0 saturated heterocycles. The lowest BCUT2D eigenvalue weighted by Crippen LogP contribution is -2.34. The van der Waals surface area contributed by atoms with Crippen LogP contribution in [0, 0.1) is 18.7 Å². The van der Waals surface area contributed by atoms with Crippen LogP contribution < -0.4 is 10.5 Å². The third-order valence-corrected chi connectivity index (χ3v) is 5.04. The Kier molecular flexibility index (Phi) is 3.94. The Morgan fingerprint density at radius 2 is 2.11 bits per heavy atom. The normalized spacial score (nSPS) is 17.5. The zero-order valence-electron chi connectivity index (χ0n) is 11.1. The summed E-state index contributed by atoms with van der Waals surface area (Å²) >= 11 is 0. The van der Waals surface area contributed by atoms with Crippen molar-refractivity contribution in [2.75, 3.05) is 0 Å². The fourth-order valence-corrected chi connectivity index (χ4v) is 3.56. The average Bonchev–Trinajstić information content (AvgIpc) is 3.15. The number of benzene rings is 1. The first-order valence-corrected chi connectivity index (χ1v) is 7.85. The van der Waals surface area contributed by atoms with E-state index in [2.05, 4.69) is 4.72 Å². The van der Waals surface area contributed by atoms with E-state index in [1.165, 1.54) is 19.1 Å². The van der Waals surface area contributed by atoms with Crippen LogP contribution in [0.25, 0.3) is 0 Å². The van der Waals surface area contributed by atoms with Crippen LogP contribution in [-0.2, 0) is 16.6 Å². The van der Waals surface area contributed by atoms with Gasteiger partial charge in [0.25, 0.3) is 0 Å². The summed E-state index contributed by atoms with van der Waals surface area (Å²) in [4.78, 5) is 0.0827. The second kappa shape index (κ2) is 5.19. The first-order chi connectivity index (χ1) is 8.85. The molecule has 0 aromatic heterocycles. The molecule has 0 aliphatic heterocycles. The fourth-order valence-electron chi connectivity index (χ4n) is 2.12. The zero-order valence-corrected chi connectivity index (χ0v) is 11.9. The second-order valence-electron chi connectivity index (χ2n) is 5.16. The third-order valence-electron chi connectivity index (χ3n) is 3.50. The van der Waals surface area contributed by atoms with Gasteiger partial charge in [0.15, 0.2) is 0 Å². The van der Waals surface area contributed by atoms with E-state index in [4.69, 9.17) is 5.73 Å². The summed E-state index contributed by atoms with van der Waals surface area (Å²) < 4.78 is 40.8. The summed E-state index contributed by atoms with van der Waals surface area (Å²) in [6.07, 6.45) is 2.11. The molecule has 0 heterocycles. The van der Waals surface area contributed by atoms with Crippen LogP contribution in [0.5, 0.6) is 0 Å². The zero-order chi connectivity index (χ0) is 14.2. The average molecular weight is 286 g/mol. The maximum absolute atomic E-state index is 13.7. The summed E-state index contributed by atoms with van der Waals surface area (Å²) in [5, 5.41) is 0. The van der Waals surface area contributed by atoms with Crippen LogP contribution in [0.3, 0.4) is 0 Å². The molecular weight excluding hydrogens is 267 g/mol. The standard InChI is InChI=1S/C13H19FN2O2S/c1-8-5-12(6-11(7-15)13(8)14)19(17,18)16-9(2)10-3-4-10/h5-6,9-10,16H,3-4,7,15H2,1-2H3. The first-order valence-electron chi connectivity index (χ1n) is 6.36. The summed E-state index contributed by atoms with van der Waals surface area (Å²) in [6.45, 7) is 3.38. The van der Waals surface area contributed by atoms with Crippen molar-refractivity contribution in [1.82, 2.24) is 4.72 Å². The molecule has 19 heavy (non-hydrogen) atoms. The summed E-state index contributed by atoms with van der Waals surface area (Å²) in [5.41, 5.74) is 5.95. The van der Waals surface area contributed by atoms with E-state index in [0.29, 0.717) is 11.5 Å². The van der Waals surface area contributed by atoms with Crippen molar-refractivity contribution in [3.8, 4) is 0 Å². The molecule has 0 spiro atoms. The molecule has 1 unspecified atom stereocenters. The Morgan fingerprint density at radius 1 is 1.47 bits per heavy atom. The third kappa shape index (κ3) is 3.13. The number of hydrogen-bond donors (Lipinski definition) is 2. The molecule has 0 radical (unpaired) electrons. The van der Waals surface area contributed by atoms with Gasteiger partial charge in [-0.05, 0) is 50.3 Å². The summed E-state index contributed by atoms with van der Waals surface area (Å²) in [6, 6.07) is 2.57. The second-order valence-corrected chi connectivity index (χ2v) is 6.88. The van der Waals surface area contributed by atoms with E-state index < -0.39 is 15.8 Å². The van der Waals surface area contributed by atoms with Gasteiger partial charge in [-0.3, -0.25) is 0 Å². The van der Waals surface area contributed by atoms with E-state index in [1.54, 1.807) is 0 Å². The van der Waals surface area contributed by atoms with Crippen LogP contribution in [-0.4, -0.2) is 14.5 Å². The van der Waals surface area contributed by atoms with Crippen molar-refractivity contribution in [3.63, 3.8) is 0 Å². The van der Waals surface area contributed by atoms with Crippen LogP contribution >= 0.6 is 0 Å². The highest BCUT2D eigenvalue weighted by Crippen LogP contribution is 2.33. The van der Waals surface area contributed by atoms with Gasteiger partial charge in [0, 0.05) is 18.2 Å². The number of rotatable bonds is 5. The quantitative estimate of drug-likeness (QED) is 0.865. The highest BCUT2D eigenvalue weighted by molar-refractivity contribution is 7.89. The number of aryl methyl sites for hydroxylation is 1. The van der Waals surface area contributed by atoms with Crippen molar-refractivity contribution in [1.29, 1.82) is 0 Å². The summed E-state index contributed by atoms with van der Waals surface area (Å²) in [5.74, 6) is -0.0120. The minimum Gasteiger partial charge on any atom is -0.326 e. The molecule has 106 valence electrons. The van der Waals surface area contributed by atoms with Crippen molar-refractivity contribution < 1.29 is 12.8 Å². The Labute approximate surface area is 113 Å². The molecule has 4 nitrogen and oxygen atoms in total. The van der Waals surface area contributed by atoms with E-state index in [0.717, 1.165) is 12.8 Å². The maximum Gasteiger partial charge on any atom is 0.240 e. The molecule has 3 N–H and O–H groups in total. The number of nitrogens with one attached hydrogen (secondary N) is 1. The largest absolute Gasteiger partial charge is 0.326 e. The topological polar surface area (TPSA) is 72.2 Å². The van der Waals surface area contributed by atoms with Gasteiger partial charge in [-0.15, -0.1) is 0 Å². The summed E-state index contributed by atoms with van der Waals surface area (Å²) in [7, 11) is -3.61. The number of sulfonamides is 1. The van der Waals surface area contributed by atoms with Gasteiger partial charge in [0.05, 0.1) is 4.90 Å². The Hall–Kier alpha value is -0.980. The van der Waals surface area contributed by atoms with E-state index in [9.17, 15) is 12.8 Å². The Morgan fingerprint density at radius 3 is 2.63 bits per heavy atom. The van der Waals surface area contributed by atoms with Gasteiger partial charge in [-0.2, -0.15) is 0 Å². The van der Waals surface area contributed by atoms with Crippen molar-refractivity contribution in [3.05, 3.63) is 29.1 Å².